The van der Waals surface area contributed by atoms with Gasteiger partial charge >= 0.3 is 5.97 Å². The summed E-state index contributed by atoms with van der Waals surface area (Å²) in [6.45, 7) is 0.320. The number of benzene rings is 1. The monoisotopic (exact) mass is 305 g/mol. The van der Waals surface area contributed by atoms with Crippen LogP contribution in [0.5, 0.6) is 0 Å². The lowest BCUT2D eigenvalue weighted by atomic mass is 10.2. The highest BCUT2D eigenvalue weighted by Crippen LogP contribution is 2.29. The second-order valence-corrected chi connectivity index (χ2v) is 6.14. The standard InChI is InChI=1S/C15H15NO4S/c1-20-10-7-11(15(18)19)16(8-10)14(17)13-6-9-4-2-3-5-12(9)21-13/h2-6,10-11H,7-8H2,1H3,(H,18,19). The van der Waals surface area contributed by atoms with Gasteiger partial charge in [-0.2, -0.15) is 0 Å². The molecular formula is C15H15NO4S. The molecule has 1 fully saturated rings. The zero-order valence-corrected chi connectivity index (χ0v) is 12.3. The number of thiophene rings is 1. The average molecular weight is 305 g/mol. The summed E-state index contributed by atoms with van der Waals surface area (Å²) in [6, 6.07) is 8.74. The van der Waals surface area contributed by atoms with Crippen LogP contribution < -0.4 is 0 Å². The molecule has 1 aliphatic heterocycles. The predicted molar refractivity (Wildman–Crippen MR) is 79.7 cm³/mol. The molecule has 5 nitrogen and oxygen atoms in total. The van der Waals surface area contributed by atoms with Gasteiger partial charge in [-0.3, -0.25) is 4.79 Å². The molecule has 6 heteroatoms. The number of methoxy groups -OCH3 is 1. The first-order chi connectivity index (χ1) is 10.1. The second kappa shape index (κ2) is 5.46. The minimum Gasteiger partial charge on any atom is -0.480 e. The van der Waals surface area contributed by atoms with Crippen molar-refractivity contribution in [1.29, 1.82) is 0 Å². The first-order valence-electron chi connectivity index (χ1n) is 6.65. The Balaban J connectivity index is 1.91. The summed E-state index contributed by atoms with van der Waals surface area (Å²) in [4.78, 5) is 25.9. The van der Waals surface area contributed by atoms with Gasteiger partial charge in [0.15, 0.2) is 0 Å². The van der Waals surface area contributed by atoms with Crippen molar-refractivity contribution >= 4 is 33.3 Å². The number of carbonyl (C=O) groups is 2. The summed E-state index contributed by atoms with van der Waals surface area (Å²) in [7, 11) is 1.54. The lowest BCUT2D eigenvalue weighted by molar-refractivity contribution is -0.141. The second-order valence-electron chi connectivity index (χ2n) is 5.05. The van der Waals surface area contributed by atoms with Gasteiger partial charge in [0, 0.05) is 24.8 Å². The smallest absolute Gasteiger partial charge is 0.326 e. The molecule has 2 atom stereocenters. The Kier molecular flexibility index (Phi) is 3.65. The largest absolute Gasteiger partial charge is 0.480 e. The quantitative estimate of drug-likeness (QED) is 0.944. The molecule has 3 rings (SSSR count). The van der Waals surface area contributed by atoms with Crippen molar-refractivity contribution < 1.29 is 19.4 Å². The fourth-order valence-corrected chi connectivity index (χ4v) is 3.67. The molecule has 0 bridgehead atoms. The summed E-state index contributed by atoms with van der Waals surface area (Å²) in [5.74, 6) is -1.22. The van der Waals surface area contributed by atoms with E-state index in [-0.39, 0.29) is 12.0 Å². The van der Waals surface area contributed by atoms with Crippen molar-refractivity contribution in [1.82, 2.24) is 4.90 Å². The minimum atomic E-state index is -0.982. The molecule has 1 aliphatic rings. The van der Waals surface area contributed by atoms with E-state index < -0.39 is 12.0 Å². The zero-order chi connectivity index (χ0) is 15.0. The molecule has 21 heavy (non-hydrogen) atoms. The van der Waals surface area contributed by atoms with E-state index in [1.54, 1.807) is 0 Å². The van der Waals surface area contributed by atoms with Crippen molar-refractivity contribution in [2.75, 3.05) is 13.7 Å². The van der Waals surface area contributed by atoms with Gasteiger partial charge in [0.1, 0.15) is 6.04 Å². The minimum absolute atomic E-state index is 0.218. The van der Waals surface area contributed by atoms with E-state index in [2.05, 4.69) is 0 Å². The molecule has 1 aromatic carbocycles. The van der Waals surface area contributed by atoms with Crippen LogP contribution in [0.15, 0.2) is 30.3 Å². The Hall–Kier alpha value is -1.92. The maximum absolute atomic E-state index is 12.6. The van der Waals surface area contributed by atoms with E-state index in [0.29, 0.717) is 17.8 Å². The molecule has 2 unspecified atom stereocenters. The summed E-state index contributed by atoms with van der Waals surface area (Å²) < 4.78 is 6.24. The van der Waals surface area contributed by atoms with Crippen molar-refractivity contribution in [3.8, 4) is 0 Å². The number of hydrogen-bond acceptors (Lipinski definition) is 4. The molecule has 1 aromatic heterocycles. The lowest BCUT2D eigenvalue weighted by Crippen LogP contribution is -2.40. The number of carbonyl (C=O) groups excluding carboxylic acids is 1. The van der Waals surface area contributed by atoms with Gasteiger partial charge in [0.25, 0.3) is 5.91 Å². The summed E-state index contributed by atoms with van der Waals surface area (Å²) in [5, 5.41) is 10.3. The van der Waals surface area contributed by atoms with Crippen LogP contribution in [-0.4, -0.2) is 47.7 Å². The Morgan fingerprint density at radius 1 is 1.38 bits per heavy atom. The Labute approximate surface area is 125 Å². The van der Waals surface area contributed by atoms with Crippen LogP contribution in [0.25, 0.3) is 10.1 Å². The normalized spacial score (nSPS) is 21.9. The highest BCUT2D eigenvalue weighted by molar-refractivity contribution is 7.20. The zero-order valence-electron chi connectivity index (χ0n) is 11.5. The van der Waals surface area contributed by atoms with E-state index in [0.717, 1.165) is 10.1 Å². The molecule has 110 valence electrons. The Bertz CT molecular complexity index is 663. The van der Waals surface area contributed by atoms with E-state index in [9.17, 15) is 14.7 Å². The van der Waals surface area contributed by atoms with Crippen LogP contribution in [-0.2, 0) is 9.53 Å². The average Bonchev–Trinajstić information content (AvgIpc) is 3.10. The number of ether oxygens (including phenoxy) is 1. The van der Waals surface area contributed by atoms with Gasteiger partial charge in [-0.05, 0) is 17.5 Å². The Morgan fingerprint density at radius 2 is 2.14 bits per heavy atom. The molecule has 2 heterocycles. The van der Waals surface area contributed by atoms with E-state index in [1.165, 1.54) is 23.3 Å². The van der Waals surface area contributed by atoms with Gasteiger partial charge in [0.05, 0.1) is 11.0 Å². The number of rotatable bonds is 3. The Morgan fingerprint density at radius 3 is 2.81 bits per heavy atom. The van der Waals surface area contributed by atoms with E-state index >= 15 is 0 Å². The van der Waals surface area contributed by atoms with Crippen molar-refractivity contribution in [2.24, 2.45) is 0 Å². The van der Waals surface area contributed by atoms with Gasteiger partial charge < -0.3 is 14.7 Å². The molecule has 0 radical (unpaired) electrons. The van der Waals surface area contributed by atoms with Gasteiger partial charge in [0.2, 0.25) is 0 Å². The third kappa shape index (κ3) is 2.52. The van der Waals surface area contributed by atoms with Crippen LogP contribution in [0.4, 0.5) is 0 Å². The fraction of sp³-hybridized carbons (Fsp3) is 0.333. The van der Waals surface area contributed by atoms with E-state index in [1.807, 2.05) is 30.3 Å². The van der Waals surface area contributed by atoms with Gasteiger partial charge in [-0.15, -0.1) is 11.3 Å². The highest BCUT2D eigenvalue weighted by Gasteiger charge is 2.40. The molecule has 1 saturated heterocycles. The summed E-state index contributed by atoms with van der Waals surface area (Å²) >= 11 is 1.39. The SMILES string of the molecule is COC1CC(C(=O)O)N(C(=O)c2cc3ccccc3s2)C1. The van der Waals surface area contributed by atoms with Crippen molar-refractivity contribution in [3.63, 3.8) is 0 Å². The van der Waals surface area contributed by atoms with Gasteiger partial charge in [-0.1, -0.05) is 18.2 Å². The van der Waals surface area contributed by atoms with Crippen LogP contribution in [0.2, 0.25) is 0 Å². The van der Waals surface area contributed by atoms with Crippen LogP contribution in [0, 0.1) is 0 Å². The molecule has 0 aliphatic carbocycles. The number of carboxylic acids is 1. The molecule has 0 spiro atoms. The van der Waals surface area contributed by atoms with Crippen molar-refractivity contribution in [2.45, 2.75) is 18.6 Å². The first-order valence-corrected chi connectivity index (χ1v) is 7.47. The number of fused-ring (bicyclic) bond motifs is 1. The summed E-state index contributed by atoms with van der Waals surface area (Å²) in [6.07, 6.45) is 0.118. The number of carboxylic acid groups (broad SMARTS) is 1. The number of nitrogens with zero attached hydrogens (tertiary/aromatic N) is 1. The third-order valence-corrected chi connectivity index (χ3v) is 4.88. The number of likely N-dealkylation sites (tertiary alicyclic amines) is 1. The predicted octanol–water partition coefficient (Wildman–Crippen LogP) is 2.22. The highest BCUT2D eigenvalue weighted by atomic mass is 32.1. The maximum atomic E-state index is 12.6. The molecule has 2 aromatic rings. The molecule has 1 amide bonds. The summed E-state index contributed by atoms with van der Waals surface area (Å²) in [5.41, 5.74) is 0. The third-order valence-electron chi connectivity index (χ3n) is 3.78. The maximum Gasteiger partial charge on any atom is 0.326 e. The van der Waals surface area contributed by atoms with Crippen LogP contribution in [0.1, 0.15) is 16.1 Å². The van der Waals surface area contributed by atoms with Crippen LogP contribution in [0.3, 0.4) is 0 Å². The lowest BCUT2D eigenvalue weighted by Gasteiger charge is -2.20. The number of hydrogen-bond donors (Lipinski definition) is 1. The number of aliphatic carboxylic acids is 1. The fourth-order valence-electron chi connectivity index (χ4n) is 2.66. The molecular weight excluding hydrogens is 290 g/mol. The van der Waals surface area contributed by atoms with Gasteiger partial charge in [-0.25, -0.2) is 4.79 Å². The topological polar surface area (TPSA) is 66.8 Å². The first kappa shape index (κ1) is 14.0. The number of amides is 1. The van der Waals surface area contributed by atoms with Crippen LogP contribution >= 0.6 is 11.3 Å². The van der Waals surface area contributed by atoms with Crippen molar-refractivity contribution in [3.05, 3.63) is 35.2 Å². The van der Waals surface area contributed by atoms with E-state index in [4.69, 9.17) is 4.74 Å². The molecule has 1 N–H and O–H groups in total. The molecule has 0 saturated carbocycles.